The van der Waals surface area contributed by atoms with Crippen LogP contribution >= 0.6 is 0 Å². The molecule has 2 aromatic rings. The summed E-state index contributed by atoms with van der Waals surface area (Å²) in [6.45, 7) is 3.19. The summed E-state index contributed by atoms with van der Waals surface area (Å²) in [6, 6.07) is 10.5. The summed E-state index contributed by atoms with van der Waals surface area (Å²) in [5.41, 5.74) is 1.28. The van der Waals surface area contributed by atoms with Crippen LogP contribution in [0.2, 0.25) is 0 Å². The van der Waals surface area contributed by atoms with Gasteiger partial charge in [0.15, 0.2) is 0 Å². The van der Waals surface area contributed by atoms with E-state index >= 15 is 0 Å². The molecule has 2 aliphatic heterocycles. The van der Waals surface area contributed by atoms with E-state index in [1.165, 1.54) is 5.56 Å². The topological polar surface area (TPSA) is 47.4 Å². The van der Waals surface area contributed by atoms with E-state index in [4.69, 9.17) is 4.74 Å². The quantitative estimate of drug-likeness (QED) is 0.860. The molecule has 2 fully saturated rings. The summed E-state index contributed by atoms with van der Waals surface area (Å²) in [5.74, 6) is 1.75. The first-order chi connectivity index (χ1) is 12.3. The predicted molar refractivity (Wildman–Crippen MR) is 95.3 cm³/mol. The number of hydrogen-bond donors (Lipinski definition) is 0. The third-order valence-electron chi connectivity index (χ3n) is 5.32. The Bertz CT molecular complexity index is 699. The van der Waals surface area contributed by atoms with Crippen LogP contribution in [0.1, 0.15) is 43.0 Å². The molecule has 1 unspecified atom stereocenters. The van der Waals surface area contributed by atoms with Gasteiger partial charge in [0.05, 0.1) is 0 Å². The van der Waals surface area contributed by atoms with Crippen LogP contribution in [-0.4, -0.2) is 46.2 Å². The lowest BCUT2D eigenvalue weighted by atomic mass is 9.95. The molecule has 1 atom stereocenters. The highest BCUT2D eigenvalue weighted by atomic mass is 16.5. The smallest absolute Gasteiger partial charge is 0.251 e. The van der Waals surface area contributed by atoms with E-state index in [2.05, 4.69) is 40.0 Å². The van der Waals surface area contributed by atoms with Crippen molar-refractivity contribution in [3.05, 3.63) is 54.1 Å². The van der Waals surface area contributed by atoms with Gasteiger partial charge in [-0.3, -0.25) is 4.79 Å². The van der Waals surface area contributed by atoms with Gasteiger partial charge in [-0.1, -0.05) is 30.3 Å². The van der Waals surface area contributed by atoms with E-state index in [1.807, 2.05) is 17.2 Å². The summed E-state index contributed by atoms with van der Waals surface area (Å²) in [7, 11) is 0. The number of rotatable bonds is 4. The zero-order valence-electron chi connectivity index (χ0n) is 14.5. The van der Waals surface area contributed by atoms with Gasteiger partial charge >= 0.3 is 0 Å². The fourth-order valence-electron chi connectivity index (χ4n) is 3.93. The minimum atomic E-state index is -0.198. The molecule has 5 heteroatoms. The molecule has 1 amide bonds. The molecule has 0 bridgehead atoms. The largest absolute Gasteiger partial charge is 0.368 e. The molecule has 25 heavy (non-hydrogen) atoms. The van der Waals surface area contributed by atoms with Gasteiger partial charge in [-0.2, -0.15) is 0 Å². The van der Waals surface area contributed by atoms with Gasteiger partial charge in [-0.05, 0) is 31.2 Å². The number of ether oxygens (including phenoxy) is 1. The maximum Gasteiger partial charge on any atom is 0.251 e. The molecular weight excluding hydrogens is 314 g/mol. The van der Waals surface area contributed by atoms with Crippen LogP contribution in [0.25, 0.3) is 0 Å². The van der Waals surface area contributed by atoms with E-state index in [9.17, 15) is 4.79 Å². The van der Waals surface area contributed by atoms with Crippen molar-refractivity contribution in [1.29, 1.82) is 0 Å². The van der Waals surface area contributed by atoms with Gasteiger partial charge in [0, 0.05) is 44.6 Å². The Morgan fingerprint density at radius 1 is 1.16 bits per heavy atom. The second-order valence-electron chi connectivity index (χ2n) is 7.00. The van der Waals surface area contributed by atoms with Crippen LogP contribution in [0.4, 0.5) is 0 Å². The van der Waals surface area contributed by atoms with E-state index in [0.29, 0.717) is 5.92 Å². The second kappa shape index (κ2) is 7.40. The van der Waals surface area contributed by atoms with Crippen molar-refractivity contribution in [3.63, 3.8) is 0 Å². The third kappa shape index (κ3) is 3.61. The normalized spacial score (nSPS) is 21.6. The lowest BCUT2D eigenvalue weighted by Crippen LogP contribution is -2.43. The highest BCUT2D eigenvalue weighted by molar-refractivity contribution is 5.81. The Morgan fingerprint density at radius 3 is 2.68 bits per heavy atom. The van der Waals surface area contributed by atoms with E-state index < -0.39 is 0 Å². The number of nitrogens with zero attached hydrogens (tertiary/aromatic N) is 3. The summed E-state index contributed by atoms with van der Waals surface area (Å²) in [4.78, 5) is 19.1. The number of aromatic nitrogens is 2. The van der Waals surface area contributed by atoms with E-state index in [-0.39, 0.29) is 12.0 Å². The van der Waals surface area contributed by atoms with Crippen molar-refractivity contribution in [2.75, 3.05) is 19.7 Å². The maximum atomic E-state index is 12.5. The number of hydrogen-bond acceptors (Lipinski definition) is 3. The lowest BCUT2D eigenvalue weighted by molar-refractivity contribution is -0.142. The fraction of sp³-hybridized carbons (Fsp3) is 0.500. The molecule has 1 aromatic carbocycles. The number of carbonyl (C=O) groups excluding carboxylic acids is 1. The van der Waals surface area contributed by atoms with Gasteiger partial charge in [0.1, 0.15) is 11.9 Å². The van der Waals surface area contributed by atoms with Gasteiger partial charge in [0.2, 0.25) is 0 Å². The molecule has 5 nitrogen and oxygen atoms in total. The molecular formula is C20H25N3O2. The Labute approximate surface area is 148 Å². The first-order valence-electron chi connectivity index (χ1n) is 9.26. The van der Waals surface area contributed by atoms with Gasteiger partial charge < -0.3 is 14.2 Å². The number of imidazole rings is 1. The third-order valence-corrected chi connectivity index (χ3v) is 5.32. The van der Waals surface area contributed by atoms with Crippen LogP contribution < -0.4 is 0 Å². The summed E-state index contributed by atoms with van der Waals surface area (Å²) in [5, 5.41) is 0. The number of likely N-dealkylation sites (tertiary alicyclic amines) is 1. The Kier molecular flexibility index (Phi) is 4.83. The minimum Gasteiger partial charge on any atom is -0.368 e. The standard InChI is InChI=1S/C20H25N3O2/c24-20(18-7-4-14-25-18)22-11-8-17(9-12-22)19-21-10-13-23(19)15-16-5-2-1-3-6-16/h1-3,5-6,10,13,17-18H,4,7-9,11-12,14-15H2. The van der Waals surface area contributed by atoms with Crippen molar-refractivity contribution in [2.24, 2.45) is 0 Å². The van der Waals surface area contributed by atoms with Crippen LogP contribution in [0.15, 0.2) is 42.7 Å². The molecule has 0 radical (unpaired) electrons. The zero-order chi connectivity index (χ0) is 17.1. The zero-order valence-corrected chi connectivity index (χ0v) is 14.5. The average Bonchev–Trinajstić information content (AvgIpc) is 3.34. The molecule has 1 aromatic heterocycles. The number of piperidine rings is 1. The Hall–Kier alpha value is -2.14. The SMILES string of the molecule is O=C(C1CCCO1)N1CCC(c2nccn2Cc2ccccc2)CC1. The number of carbonyl (C=O) groups is 1. The Balaban J connectivity index is 1.38. The summed E-state index contributed by atoms with van der Waals surface area (Å²) >= 11 is 0. The van der Waals surface area contributed by atoms with Crippen molar-refractivity contribution in [2.45, 2.75) is 44.2 Å². The number of benzene rings is 1. The van der Waals surface area contributed by atoms with E-state index in [1.54, 1.807) is 0 Å². The summed E-state index contributed by atoms with van der Waals surface area (Å²) < 4.78 is 7.79. The van der Waals surface area contributed by atoms with Crippen LogP contribution in [0, 0.1) is 0 Å². The van der Waals surface area contributed by atoms with Crippen LogP contribution in [0.3, 0.4) is 0 Å². The second-order valence-corrected chi connectivity index (χ2v) is 7.00. The first kappa shape index (κ1) is 16.3. The molecule has 2 aliphatic rings. The fourth-order valence-corrected chi connectivity index (χ4v) is 3.93. The molecule has 2 saturated heterocycles. The highest BCUT2D eigenvalue weighted by Gasteiger charge is 2.32. The number of amides is 1. The Morgan fingerprint density at radius 2 is 1.96 bits per heavy atom. The molecule has 0 N–H and O–H groups in total. The summed E-state index contributed by atoms with van der Waals surface area (Å²) in [6.07, 6.45) is 7.59. The van der Waals surface area contributed by atoms with Crippen molar-refractivity contribution in [1.82, 2.24) is 14.5 Å². The molecule has 132 valence electrons. The average molecular weight is 339 g/mol. The maximum absolute atomic E-state index is 12.5. The van der Waals surface area contributed by atoms with Gasteiger partial charge in [-0.15, -0.1) is 0 Å². The molecule has 4 rings (SSSR count). The van der Waals surface area contributed by atoms with Crippen molar-refractivity contribution < 1.29 is 9.53 Å². The monoisotopic (exact) mass is 339 g/mol. The molecule has 0 saturated carbocycles. The van der Waals surface area contributed by atoms with Crippen LogP contribution in [0.5, 0.6) is 0 Å². The molecule has 0 aliphatic carbocycles. The van der Waals surface area contributed by atoms with Gasteiger partial charge in [-0.25, -0.2) is 4.98 Å². The molecule has 3 heterocycles. The highest BCUT2D eigenvalue weighted by Crippen LogP contribution is 2.28. The van der Waals surface area contributed by atoms with Crippen LogP contribution in [-0.2, 0) is 16.1 Å². The first-order valence-corrected chi connectivity index (χ1v) is 9.26. The van der Waals surface area contributed by atoms with E-state index in [0.717, 1.165) is 57.7 Å². The predicted octanol–water partition coefficient (Wildman–Crippen LogP) is 2.82. The molecule has 0 spiro atoms. The lowest BCUT2D eigenvalue weighted by Gasteiger charge is -2.33. The van der Waals surface area contributed by atoms with Gasteiger partial charge in [0.25, 0.3) is 5.91 Å². The van der Waals surface area contributed by atoms with Crippen molar-refractivity contribution >= 4 is 5.91 Å². The minimum absolute atomic E-state index is 0.184. The van der Waals surface area contributed by atoms with Crippen molar-refractivity contribution in [3.8, 4) is 0 Å².